The quantitative estimate of drug-likeness (QED) is 0.836. The fourth-order valence-corrected chi connectivity index (χ4v) is 3.11. The van der Waals surface area contributed by atoms with Gasteiger partial charge >= 0.3 is 0 Å². The number of hydrogen-bond acceptors (Lipinski definition) is 1. The molecule has 2 aromatic rings. The van der Waals surface area contributed by atoms with Crippen molar-refractivity contribution in [1.82, 2.24) is 0 Å². The monoisotopic (exact) mass is 289 g/mol. The Morgan fingerprint density at radius 2 is 1.76 bits per heavy atom. The second-order valence-corrected chi connectivity index (χ2v) is 5.91. The third-order valence-electron chi connectivity index (χ3n) is 3.60. The predicted octanol–water partition coefficient (Wildman–Crippen LogP) is 4.81. The Balaban J connectivity index is 1.96. The first-order chi connectivity index (χ1) is 8.24. The van der Waals surface area contributed by atoms with Crippen molar-refractivity contribution in [2.45, 2.75) is 25.8 Å². The standard InChI is InChI=1S/C15H16BrN/c1-10-8-11(9-10)17-15-7-6-14(16)12-4-2-3-5-13(12)15/h2-7,10-11,17H,8-9H2,1H3. The van der Waals surface area contributed by atoms with Gasteiger partial charge in [-0.05, 0) is 36.3 Å². The maximum absolute atomic E-state index is 3.66. The lowest BCUT2D eigenvalue weighted by atomic mass is 9.81. The van der Waals surface area contributed by atoms with Gasteiger partial charge in [-0.25, -0.2) is 0 Å². The molecule has 0 aromatic heterocycles. The van der Waals surface area contributed by atoms with Crippen LogP contribution in [-0.2, 0) is 0 Å². The van der Waals surface area contributed by atoms with Crippen LogP contribution >= 0.6 is 15.9 Å². The minimum absolute atomic E-state index is 0.662. The van der Waals surface area contributed by atoms with Gasteiger partial charge in [0, 0.05) is 21.6 Å². The molecule has 0 spiro atoms. The van der Waals surface area contributed by atoms with Crippen molar-refractivity contribution in [1.29, 1.82) is 0 Å². The zero-order chi connectivity index (χ0) is 11.8. The van der Waals surface area contributed by atoms with Crippen molar-refractivity contribution in [3.05, 3.63) is 40.9 Å². The fourth-order valence-electron chi connectivity index (χ4n) is 2.63. The summed E-state index contributed by atoms with van der Waals surface area (Å²) in [7, 11) is 0. The molecule has 1 fully saturated rings. The third-order valence-corrected chi connectivity index (χ3v) is 4.30. The number of hydrogen-bond donors (Lipinski definition) is 1. The van der Waals surface area contributed by atoms with E-state index in [0.717, 1.165) is 5.92 Å². The van der Waals surface area contributed by atoms with Crippen molar-refractivity contribution in [2.75, 3.05) is 5.32 Å². The third kappa shape index (κ3) is 2.06. The molecule has 88 valence electrons. The smallest absolute Gasteiger partial charge is 0.0422 e. The molecule has 0 aliphatic heterocycles. The van der Waals surface area contributed by atoms with E-state index in [0.29, 0.717) is 6.04 Å². The van der Waals surface area contributed by atoms with Crippen LogP contribution in [0.5, 0.6) is 0 Å². The van der Waals surface area contributed by atoms with Crippen LogP contribution in [-0.4, -0.2) is 6.04 Å². The lowest BCUT2D eigenvalue weighted by molar-refractivity contribution is 0.309. The Hall–Kier alpha value is -1.02. The highest BCUT2D eigenvalue weighted by Crippen LogP contribution is 2.34. The van der Waals surface area contributed by atoms with Gasteiger partial charge in [-0.1, -0.05) is 47.1 Å². The summed E-state index contributed by atoms with van der Waals surface area (Å²) in [5, 5.41) is 6.25. The minimum Gasteiger partial charge on any atom is -0.382 e. The van der Waals surface area contributed by atoms with Gasteiger partial charge < -0.3 is 5.32 Å². The molecule has 2 aromatic carbocycles. The van der Waals surface area contributed by atoms with E-state index in [2.05, 4.69) is 64.6 Å². The molecular formula is C15H16BrN. The molecule has 0 amide bonds. The van der Waals surface area contributed by atoms with Crippen LogP contribution in [0.15, 0.2) is 40.9 Å². The summed E-state index contributed by atoms with van der Waals surface area (Å²) in [6.45, 7) is 2.32. The van der Waals surface area contributed by atoms with Crippen molar-refractivity contribution < 1.29 is 0 Å². The molecule has 17 heavy (non-hydrogen) atoms. The van der Waals surface area contributed by atoms with Crippen LogP contribution in [0, 0.1) is 5.92 Å². The lowest BCUT2D eigenvalue weighted by Crippen LogP contribution is -2.33. The highest BCUT2D eigenvalue weighted by Gasteiger charge is 2.25. The Morgan fingerprint density at radius 3 is 2.47 bits per heavy atom. The molecule has 3 rings (SSSR count). The van der Waals surface area contributed by atoms with E-state index in [-0.39, 0.29) is 0 Å². The SMILES string of the molecule is CC1CC(Nc2ccc(Br)c3ccccc23)C1. The van der Waals surface area contributed by atoms with Gasteiger partial charge in [0.15, 0.2) is 0 Å². The van der Waals surface area contributed by atoms with Gasteiger partial charge in [0.1, 0.15) is 0 Å². The van der Waals surface area contributed by atoms with Crippen LogP contribution < -0.4 is 5.32 Å². The Bertz CT molecular complexity index is 544. The maximum atomic E-state index is 3.66. The number of rotatable bonds is 2. The summed E-state index contributed by atoms with van der Waals surface area (Å²) in [6, 6.07) is 13.5. The maximum Gasteiger partial charge on any atom is 0.0422 e. The van der Waals surface area contributed by atoms with Crippen LogP contribution in [0.2, 0.25) is 0 Å². The molecule has 0 unspecified atom stereocenters. The molecule has 0 bridgehead atoms. The van der Waals surface area contributed by atoms with E-state index >= 15 is 0 Å². The van der Waals surface area contributed by atoms with Gasteiger partial charge in [0.05, 0.1) is 0 Å². The first kappa shape index (κ1) is 11.1. The second-order valence-electron chi connectivity index (χ2n) is 5.06. The first-order valence-corrected chi connectivity index (χ1v) is 6.97. The molecule has 0 heterocycles. The minimum atomic E-state index is 0.662. The van der Waals surface area contributed by atoms with Gasteiger partial charge in [-0.2, -0.15) is 0 Å². The summed E-state index contributed by atoms with van der Waals surface area (Å²) >= 11 is 3.61. The van der Waals surface area contributed by atoms with Crippen molar-refractivity contribution in [3.63, 3.8) is 0 Å². The van der Waals surface area contributed by atoms with E-state index in [1.165, 1.54) is 33.8 Å². The molecule has 1 saturated carbocycles. The number of benzene rings is 2. The molecule has 1 N–H and O–H groups in total. The summed E-state index contributed by atoms with van der Waals surface area (Å²) in [6.07, 6.45) is 2.59. The fraction of sp³-hybridized carbons (Fsp3) is 0.333. The Morgan fingerprint density at radius 1 is 1.06 bits per heavy atom. The van der Waals surface area contributed by atoms with E-state index in [1.807, 2.05) is 0 Å². The van der Waals surface area contributed by atoms with Gasteiger partial charge in [-0.3, -0.25) is 0 Å². The number of anilines is 1. The largest absolute Gasteiger partial charge is 0.382 e. The molecule has 2 heteroatoms. The van der Waals surface area contributed by atoms with Gasteiger partial charge in [0.25, 0.3) is 0 Å². The van der Waals surface area contributed by atoms with Crippen LogP contribution in [0.4, 0.5) is 5.69 Å². The van der Waals surface area contributed by atoms with Gasteiger partial charge in [0.2, 0.25) is 0 Å². The number of halogens is 1. The zero-order valence-corrected chi connectivity index (χ0v) is 11.5. The Labute approximate surface area is 110 Å². The average Bonchev–Trinajstić information content (AvgIpc) is 2.31. The van der Waals surface area contributed by atoms with E-state index in [1.54, 1.807) is 0 Å². The molecule has 0 radical (unpaired) electrons. The predicted molar refractivity (Wildman–Crippen MR) is 77.5 cm³/mol. The highest BCUT2D eigenvalue weighted by atomic mass is 79.9. The van der Waals surface area contributed by atoms with Crippen LogP contribution in [0.25, 0.3) is 10.8 Å². The highest BCUT2D eigenvalue weighted by molar-refractivity contribution is 9.10. The summed E-state index contributed by atoms with van der Waals surface area (Å²) in [5.41, 5.74) is 1.26. The van der Waals surface area contributed by atoms with Crippen molar-refractivity contribution >= 4 is 32.4 Å². The molecule has 1 aliphatic rings. The van der Waals surface area contributed by atoms with Crippen LogP contribution in [0.1, 0.15) is 19.8 Å². The molecule has 1 aliphatic carbocycles. The van der Waals surface area contributed by atoms with E-state index in [4.69, 9.17) is 0 Å². The van der Waals surface area contributed by atoms with Crippen LogP contribution in [0.3, 0.4) is 0 Å². The second kappa shape index (κ2) is 4.34. The summed E-state index contributed by atoms with van der Waals surface area (Å²) in [5.74, 6) is 0.884. The molecule has 1 nitrogen and oxygen atoms in total. The normalized spacial score (nSPS) is 23.4. The topological polar surface area (TPSA) is 12.0 Å². The number of fused-ring (bicyclic) bond motifs is 1. The average molecular weight is 290 g/mol. The molecule has 0 saturated heterocycles. The number of nitrogens with one attached hydrogen (secondary N) is 1. The van der Waals surface area contributed by atoms with E-state index < -0.39 is 0 Å². The molecular weight excluding hydrogens is 274 g/mol. The summed E-state index contributed by atoms with van der Waals surface area (Å²) in [4.78, 5) is 0. The molecule has 0 atom stereocenters. The van der Waals surface area contributed by atoms with Crippen molar-refractivity contribution in [3.8, 4) is 0 Å². The van der Waals surface area contributed by atoms with Gasteiger partial charge in [-0.15, -0.1) is 0 Å². The Kier molecular flexibility index (Phi) is 2.83. The zero-order valence-electron chi connectivity index (χ0n) is 9.91. The first-order valence-electron chi connectivity index (χ1n) is 6.18. The van der Waals surface area contributed by atoms with E-state index in [9.17, 15) is 0 Å². The summed E-state index contributed by atoms with van der Waals surface area (Å²) < 4.78 is 1.17. The lowest BCUT2D eigenvalue weighted by Gasteiger charge is -2.34. The van der Waals surface area contributed by atoms with Crippen molar-refractivity contribution in [2.24, 2.45) is 5.92 Å².